The maximum absolute atomic E-state index is 13.1. The second-order valence-corrected chi connectivity index (χ2v) is 5.99. The number of para-hydroxylation sites is 1. The second kappa shape index (κ2) is 7.22. The molecule has 0 aliphatic rings. The highest BCUT2D eigenvalue weighted by molar-refractivity contribution is 7.85. The van der Waals surface area contributed by atoms with Crippen LogP contribution < -0.4 is 0 Å². The molecule has 2 nitrogen and oxygen atoms in total. The molecule has 1 atom stereocenters. The van der Waals surface area contributed by atoms with Crippen molar-refractivity contribution in [2.45, 2.75) is 18.2 Å². The van der Waals surface area contributed by atoms with Gasteiger partial charge in [-0.05, 0) is 31.2 Å². The Morgan fingerprint density at radius 2 is 1.71 bits per heavy atom. The van der Waals surface area contributed by atoms with E-state index in [1.54, 1.807) is 42.5 Å². The van der Waals surface area contributed by atoms with Crippen molar-refractivity contribution in [3.8, 4) is 0 Å². The molecule has 1 unspecified atom stereocenters. The van der Waals surface area contributed by atoms with Crippen LogP contribution in [0.2, 0.25) is 0 Å². The number of aryl methyl sites for hydroxylation is 1. The minimum atomic E-state index is -2.72. The molecule has 2 aromatic carbocycles. The summed E-state index contributed by atoms with van der Waals surface area (Å²) >= 11 is 0. The van der Waals surface area contributed by atoms with Crippen molar-refractivity contribution in [3.63, 3.8) is 0 Å². The number of hydrogen-bond acceptors (Lipinski definition) is 2. The first-order valence-electron chi connectivity index (χ1n) is 6.42. The summed E-state index contributed by atoms with van der Waals surface area (Å²) in [5.74, 6) is -0.268. The molecule has 0 spiro atoms. The number of rotatable bonds is 5. The van der Waals surface area contributed by atoms with Crippen LogP contribution in [0.15, 0.2) is 64.5 Å². The lowest BCUT2D eigenvalue weighted by molar-refractivity contribution is 0.225. The van der Waals surface area contributed by atoms with Crippen molar-refractivity contribution < 1.29 is 13.0 Å². The smallest absolute Gasteiger partial charge is 0.254 e. The number of aliphatic imine (C=N–C) groups is 1. The first-order chi connectivity index (χ1) is 10.1. The van der Waals surface area contributed by atoms with Gasteiger partial charge in [-0.15, -0.1) is 0 Å². The van der Waals surface area contributed by atoms with Gasteiger partial charge in [0.05, 0.1) is 28.0 Å². The van der Waals surface area contributed by atoms with Gasteiger partial charge in [-0.2, -0.15) is 0 Å². The summed E-state index contributed by atoms with van der Waals surface area (Å²) in [6.07, 6.45) is -2.72. The van der Waals surface area contributed by atoms with Crippen LogP contribution in [0, 0.1) is 6.92 Å². The fourth-order valence-electron chi connectivity index (χ4n) is 1.72. The Balaban J connectivity index is 2.19. The zero-order valence-electron chi connectivity index (χ0n) is 11.5. The largest absolute Gasteiger partial charge is 0.277 e. The monoisotopic (exact) mass is 307 g/mol. The predicted molar refractivity (Wildman–Crippen MR) is 82.0 cm³/mol. The van der Waals surface area contributed by atoms with Crippen LogP contribution in [0.1, 0.15) is 5.56 Å². The first kappa shape index (κ1) is 15.5. The second-order valence-electron chi connectivity index (χ2n) is 4.54. The van der Waals surface area contributed by atoms with Gasteiger partial charge in [-0.25, -0.2) is 8.78 Å². The van der Waals surface area contributed by atoms with Crippen LogP contribution in [0.4, 0.5) is 14.5 Å². The van der Waals surface area contributed by atoms with Crippen molar-refractivity contribution in [3.05, 3.63) is 60.2 Å². The SMILES string of the molecule is Cc1ccc(S(=O)CC(=Nc2ccccc2)C(F)F)cc1. The van der Waals surface area contributed by atoms with E-state index >= 15 is 0 Å². The molecule has 0 radical (unpaired) electrons. The topological polar surface area (TPSA) is 29.4 Å². The van der Waals surface area contributed by atoms with Gasteiger partial charge in [-0.1, -0.05) is 35.9 Å². The van der Waals surface area contributed by atoms with Crippen molar-refractivity contribution in [1.29, 1.82) is 0 Å². The highest BCUT2D eigenvalue weighted by atomic mass is 32.2. The molecular formula is C16H15F2NOS. The standard InChI is InChI=1S/C16H15F2NOS/c1-12-7-9-14(10-8-12)21(20)11-15(16(17)18)19-13-5-3-2-4-6-13/h2-10,16H,11H2,1H3. The molecule has 0 saturated heterocycles. The van der Waals surface area contributed by atoms with Gasteiger partial charge in [0.1, 0.15) is 0 Å². The molecule has 0 amide bonds. The summed E-state index contributed by atoms with van der Waals surface area (Å²) in [5, 5.41) is 0. The normalized spacial score (nSPS) is 13.4. The Morgan fingerprint density at radius 3 is 2.29 bits per heavy atom. The molecule has 110 valence electrons. The quantitative estimate of drug-likeness (QED) is 0.763. The molecule has 0 bridgehead atoms. The van der Waals surface area contributed by atoms with Crippen LogP contribution in [-0.4, -0.2) is 22.1 Å². The average Bonchev–Trinajstić information content (AvgIpc) is 2.48. The van der Waals surface area contributed by atoms with Gasteiger partial charge < -0.3 is 0 Å². The predicted octanol–water partition coefficient (Wildman–Crippen LogP) is 4.14. The van der Waals surface area contributed by atoms with E-state index in [0.29, 0.717) is 10.6 Å². The van der Waals surface area contributed by atoms with Gasteiger partial charge in [0.15, 0.2) is 0 Å². The lowest BCUT2D eigenvalue weighted by Gasteiger charge is -2.06. The molecule has 2 aromatic rings. The first-order valence-corrected chi connectivity index (χ1v) is 7.74. The summed E-state index contributed by atoms with van der Waals surface area (Å²) < 4.78 is 38.3. The van der Waals surface area contributed by atoms with Gasteiger partial charge >= 0.3 is 0 Å². The molecular weight excluding hydrogens is 292 g/mol. The number of nitrogens with zero attached hydrogens (tertiary/aromatic N) is 1. The van der Waals surface area contributed by atoms with E-state index in [1.165, 1.54) is 0 Å². The summed E-state index contributed by atoms with van der Waals surface area (Å²) in [5.41, 5.74) is 1.11. The molecule has 21 heavy (non-hydrogen) atoms. The van der Waals surface area contributed by atoms with Crippen LogP contribution in [0.25, 0.3) is 0 Å². The molecule has 0 aromatic heterocycles. The lowest BCUT2D eigenvalue weighted by Crippen LogP contribution is -2.19. The van der Waals surface area contributed by atoms with Crippen LogP contribution in [-0.2, 0) is 10.8 Å². The van der Waals surface area contributed by atoms with E-state index in [2.05, 4.69) is 4.99 Å². The zero-order valence-corrected chi connectivity index (χ0v) is 12.3. The number of alkyl halides is 2. The Labute approximate surface area is 125 Å². The van der Waals surface area contributed by atoms with E-state index in [-0.39, 0.29) is 11.5 Å². The maximum Gasteiger partial charge on any atom is 0.277 e. The van der Waals surface area contributed by atoms with Crippen molar-refractivity contribution in [2.75, 3.05) is 5.75 Å². The third kappa shape index (κ3) is 4.56. The molecule has 0 aliphatic heterocycles. The van der Waals surface area contributed by atoms with Crippen molar-refractivity contribution in [2.24, 2.45) is 4.99 Å². The molecule has 0 aliphatic carbocycles. The third-order valence-electron chi connectivity index (χ3n) is 2.84. The van der Waals surface area contributed by atoms with Gasteiger partial charge in [0.25, 0.3) is 6.43 Å². The van der Waals surface area contributed by atoms with E-state index in [9.17, 15) is 13.0 Å². The number of halogens is 2. The zero-order chi connectivity index (χ0) is 15.2. The molecule has 5 heteroatoms. The molecule has 2 rings (SSSR count). The Morgan fingerprint density at radius 1 is 1.10 bits per heavy atom. The summed E-state index contributed by atoms with van der Waals surface area (Å²) in [7, 11) is -1.53. The summed E-state index contributed by atoms with van der Waals surface area (Å²) in [4.78, 5) is 4.44. The van der Waals surface area contributed by atoms with E-state index < -0.39 is 17.2 Å². The van der Waals surface area contributed by atoms with Crippen LogP contribution >= 0.6 is 0 Å². The molecule has 0 N–H and O–H groups in total. The number of hydrogen-bond donors (Lipinski definition) is 0. The van der Waals surface area contributed by atoms with Crippen LogP contribution in [0.5, 0.6) is 0 Å². The lowest BCUT2D eigenvalue weighted by atomic mass is 10.2. The highest BCUT2D eigenvalue weighted by Crippen LogP contribution is 2.15. The minimum Gasteiger partial charge on any atom is -0.254 e. The fourth-order valence-corrected chi connectivity index (χ4v) is 2.79. The van der Waals surface area contributed by atoms with Gasteiger partial charge in [0.2, 0.25) is 0 Å². The number of benzene rings is 2. The average molecular weight is 307 g/mol. The van der Waals surface area contributed by atoms with E-state index in [4.69, 9.17) is 0 Å². The van der Waals surface area contributed by atoms with E-state index in [0.717, 1.165) is 5.56 Å². The van der Waals surface area contributed by atoms with Crippen molar-refractivity contribution in [1.82, 2.24) is 0 Å². The van der Waals surface area contributed by atoms with E-state index in [1.807, 2.05) is 19.1 Å². The van der Waals surface area contributed by atoms with Gasteiger partial charge in [-0.3, -0.25) is 9.20 Å². The Kier molecular flexibility index (Phi) is 5.33. The minimum absolute atomic E-state index is 0.268. The van der Waals surface area contributed by atoms with Crippen molar-refractivity contribution >= 4 is 22.2 Å². The molecule has 0 heterocycles. The van der Waals surface area contributed by atoms with Crippen LogP contribution in [0.3, 0.4) is 0 Å². The fraction of sp³-hybridized carbons (Fsp3) is 0.188. The summed E-state index contributed by atoms with van der Waals surface area (Å²) in [6, 6.07) is 15.5. The molecule has 0 saturated carbocycles. The highest BCUT2D eigenvalue weighted by Gasteiger charge is 2.17. The van der Waals surface area contributed by atoms with Gasteiger partial charge in [0, 0.05) is 4.90 Å². The summed E-state index contributed by atoms with van der Waals surface area (Å²) in [6.45, 7) is 1.91. The molecule has 0 fully saturated rings. The third-order valence-corrected chi connectivity index (χ3v) is 4.20. The maximum atomic E-state index is 13.1. The Bertz CT molecular complexity index is 639. The Hall–Kier alpha value is -1.88.